The number of thioether (sulfide) groups is 1. The number of rotatable bonds is 9. The number of Topliss-reactive ketones (excluding diaryl/α,β-unsaturated/α-hetero) is 1. The third-order valence-corrected chi connectivity index (χ3v) is 7.34. The molecule has 2 aromatic rings. The predicted octanol–water partition coefficient (Wildman–Crippen LogP) is 3.32. The van der Waals surface area contributed by atoms with Gasteiger partial charge in [0.25, 0.3) is 0 Å². The zero-order valence-electron chi connectivity index (χ0n) is 16.7. The first kappa shape index (κ1) is 20.4. The van der Waals surface area contributed by atoms with Crippen molar-refractivity contribution < 1.29 is 9.59 Å². The summed E-state index contributed by atoms with van der Waals surface area (Å²) in [5.74, 6) is 1.45. The molecule has 0 spiro atoms. The van der Waals surface area contributed by atoms with E-state index in [-0.39, 0.29) is 11.7 Å². The number of piperidine rings is 1. The Labute approximate surface area is 179 Å². The number of ketones is 1. The Morgan fingerprint density at radius 2 is 2.00 bits per heavy atom. The molecule has 4 rings (SSSR count). The van der Waals surface area contributed by atoms with Crippen molar-refractivity contribution >= 4 is 40.7 Å². The number of anilines is 1. The summed E-state index contributed by atoms with van der Waals surface area (Å²) in [5, 5.41) is 12.6. The Morgan fingerprint density at radius 1 is 1.21 bits per heavy atom. The fraction of sp³-hybridized carbons (Fsp3) is 0.600. The van der Waals surface area contributed by atoms with Crippen LogP contribution in [0, 0.1) is 0 Å². The van der Waals surface area contributed by atoms with Crippen molar-refractivity contribution in [1.29, 1.82) is 0 Å². The van der Waals surface area contributed by atoms with Gasteiger partial charge in [-0.3, -0.25) is 14.2 Å². The molecule has 0 unspecified atom stereocenters. The molecule has 7 nitrogen and oxygen atoms in total. The van der Waals surface area contributed by atoms with Crippen LogP contribution in [0.5, 0.6) is 0 Å². The number of hydrogen-bond donors (Lipinski definition) is 1. The second kappa shape index (κ2) is 9.30. The van der Waals surface area contributed by atoms with Gasteiger partial charge in [0.15, 0.2) is 10.9 Å². The molecule has 0 aromatic carbocycles. The quantitative estimate of drug-likeness (QED) is 0.483. The third-order valence-electron chi connectivity index (χ3n) is 5.21. The average Bonchev–Trinajstić information content (AvgIpc) is 3.29. The second-order valence-electron chi connectivity index (χ2n) is 7.64. The van der Waals surface area contributed by atoms with Gasteiger partial charge in [-0.15, -0.1) is 21.5 Å². The number of thiophene rings is 1. The van der Waals surface area contributed by atoms with Gasteiger partial charge in [-0.2, -0.15) is 0 Å². The van der Waals surface area contributed by atoms with E-state index in [4.69, 9.17) is 0 Å². The van der Waals surface area contributed by atoms with Gasteiger partial charge >= 0.3 is 0 Å². The van der Waals surface area contributed by atoms with E-state index < -0.39 is 0 Å². The van der Waals surface area contributed by atoms with Gasteiger partial charge in [0.2, 0.25) is 11.9 Å². The Balaban J connectivity index is 1.36. The standard InChI is InChI=1S/C20H27N5O2S2/c1-14(26)21-10-9-16-7-8-18(29-16)17(27)13-28-20-23-22-19(25(20)15-5-6-15)24-11-3-2-4-12-24/h7-8,15H,2-6,9-13H2,1H3,(H,21,26). The summed E-state index contributed by atoms with van der Waals surface area (Å²) in [6, 6.07) is 4.36. The zero-order valence-corrected chi connectivity index (χ0v) is 18.4. The number of hydrogen-bond acceptors (Lipinski definition) is 7. The molecule has 1 aliphatic heterocycles. The summed E-state index contributed by atoms with van der Waals surface area (Å²) >= 11 is 3.01. The molecule has 29 heavy (non-hydrogen) atoms. The van der Waals surface area contributed by atoms with Gasteiger partial charge < -0.3 is 10.2 Å². The van der Waals surface area contributed by atoms with E-state index in [0.717, 1.165) is 40.4 Å². The summed E-state index contributed by atoms with van der Waals surface area (Å²) in [4.78, 5) is 27.9. The smallest absolute Gasteiger partial charge is 0.228 e. The molecule has 1 saturated carbocycles. The summed E-state index contributed by atoms with van der Waals surface area (Å²) < 4.78 is 2.26. The van der Waals surface area contributed by atoms with Crippen LogP contribution in [0.25, 0.3) is 0 Å². The fourth-order valence-electron chi connectivity index (χ4n) is 3.55. The van der Waals surface area contributed by atoms with Gasteiger partial charge in [-0.25, -0.2) is 0 Å². The van der Waals surface area contributed by atoms with Crippen LogP contribution in [0.2, 0.25) is 0 Å². The number of carbonyl (C=O) groups is 2. The molecule has 0 radical (unpaired) electrons. The van der Waals surface area contributed by atoms with Crippen LogP contribution in [0.4, 0.5) is 5.95 Å². The molecule has 2 aliphatic rings. The molecule has 1 amide bonds. The lowest BCUT2D eigenvalue weighted by atomic mass is 10.1. The Hall–Kier alpha value is -1.87. The monoisotopic (exact) mass is 433 g/mol. The Kier molecular flexibility index (Phi) is 6.54. The maximum atomic E-state index is 12.7. The highest BCUT2D eigenvalue weighted by atomic mass is 32.2. The van der Waals surface area contributed by atoms with E-state index in [2.05, 4.69) is 25.0 Å². The van der Waals surface area contributed by atoms with Crippen molar-refractivity contribution in [1.82, 2.24) is 20.1 Å². The first-order valence-electron chi connectivity index (χ1n) is 10.3. The molecule has 1 saturated heterocycles. The lowest BCUT2D eigenvalue weighted by Gasteiger charge is -2.27. The van der Waals surface area contributed by atoms with E-state index in [9.17, 15) is 9.59 Å². The maximum Gasteiger partial charge on any atom is 0.228 e. The summed E-state index contributed by atoms with van der Waals surface area (Å²) in [6.45, 7) is 4.20. The van der Waals surface area contributed by atoms with Crippen LogP contribution >= 0.6 is 23.1 Å². The van der Waals surface area contributed by atoms with Crippen LogP contribution < -0.4 is 10.2 Å². The molecule has 0 bridgehead atoms. The molecule has 1 N–H and O–H groups in total. The average molecular weight is 434 g/mol. The van der Waals surface area contributed by atoms with Crippen molar-refractivity contribution in [2.75, 3.05) is 30.3 Å². The molecular formula is C20H27N5O2S2. The largest absolute Gasteiger partial charge is 0.356 e. The summed E-state index contributed by atoms with van der Waals surface area (Å²) in [7, 11) is 0. The number of nitrogens with zero attached hydrogens (tertiary/aromatic N) is 4. The minimum Gasteiger partial charge on any atom is -0.356 e. The minimum atomic E-state index is -0.0297. The molecule has 1 aliphatic carbocycles. The van der Waals surface area contributed by atoms with Crippen molar-refractivity contribution in [2.24, 2.45) is 0 Å². The van der Waals surface area contributed by atoms with E-state index in [1.54, 1.807) is 0 Å². The predicted molar refractivity (Wildman–Crippen MR) is 116 cm³/mol. The van der Waals surface area contributed by atoms with Crippen LogP contribution in [0.1, 0.15) is 59.6 Å². The first-order valence-corrected chi connectivity index (χ1v) is 12.1. The van der Waals surface area contributed by atoms with Crippen LogP contribution in [-0.2, 0) is 11.2 Å². The zero-order chi connectivity index (χ0) is 20.2. The van der Waals surface area contributed by atoms with Gasteiger partial charge in [0.1, 0.15) is 0 Å². The van der Waals surface area contributed by atoms with Gasteiger partial charge in [0, 0.05) is 37.5 Å². The van der Waals surface area contributed by atoms with Crippen molar-refractivity contribution in [3.05, 3.63) is 21.9 Å². The highest BCUT2D eigenvalue weighted by Gasteiger charge is 2.32. The maximum absolute atomic E-state index is 12.7. The summed E-state index contributed by atoms with van der Waals surface area (Å²) in [6.07, 6.45) is 6.80. The molecular weight excluding hydrogens is 406 g/mol. The normalized spacial score (nSPS) is 16.8. The van der Waals surface area contributed by atoms with Gasteiger partial charge in [0.05, 0.1) is 10.6 Å². The topological polar surface area (TPSA) is 80.1 Å². The third kappa shape index (κ3) is 5.19. The van der Waals surface area contributed by atoms with Crippen LogP contribution in [0.15, 0.2) is 17.3 Å². The van der Waals surface area contributed by atoms with E-state index in [1.807, 2.05) is 12.1 Å². The minimum absolute atomic E-state index is 0.0297. The first-order chi connectivity index (χ1) is 14.1. The Morgan fingerprint density at radius 3 is 2.72 bits per heavy atom. The number of aromatic nitrogens is 3. The molecule has 9 heteroatoms. The lowest BCUT2D eigenvalue weighted by molar-refractivity contribution is -0.118. The summed E-state index contributed by atoms with van der Waals surface area (Å²) in [5.41, 5.74) is 0. The van der Waals surface area contributed by atoms with E-state index in [0.29, 0.717) is 18.3 Å². The molecule has 2 aromatic heterocycles. The van der Waals surface area contributed by atoms with Gasteiger partial charge in [-0.1, -0.05) is 11.8 Å². The SMILES string of the molecule is CC(=O)NCCc1ccc(C(=O)CSc2nnc(N3CCCCC3)n2C2CC2)s1. The van der Waals surface area contributed by atoms with E-state index in [1.165, 1.54) is 62.1 Å². The lowest BCUT2D eigenvalue weighted by Crippen LogP contribution is -2.31. The number of amides is 1. The highest BCUT2D eigenvalue weighted by molar-refractivity contribution is 7.99. The Bertz CT molecular complexity index is 868. The van der Waals surface area contributed by atoms with Crippen molar-refractivity contribution in [3.8, 4) is 0 Å². The van der Waals surface area contributed by atoms with Crippen molar-refractivity contribution in [2.45, 2.75) is 56.6 Å². The van der Waals surface area contributed by atoms with Crippen molar-refractivity contribution in [3.63, 3.8) is 0 Å². The molecule has 0 atom stereocenters. The second-order valence-corrected chi connectivity index (χ2v) is 9.75. The van der Waals surface area contributed by atoms with E-state index >= 15 is 0 Å². The number of nitrogens with one attached hydrogen (secondary N) is 1. The number of carbonyl (C=O) groups excluding carboxylic acids is 2. The fourth-order valence-corrected chi connectivity index (χ4v) is 5.47. The molecule has 2 fully saturated rings. The molecule has 156 valence electrons. The van der Waals surface area contributed by atoms with Gasteiger partial charge in [-0.05, 0) is 50.7 Å². The van der Waals surface area contributed by atoms with Crippen LogP contribution in [-0.4, -0.2) is 51.8 Å². The molecule has 3 heterocycles. The van der Waals surface area contributed by atoms with Crippen LogP contribution in [0.3, 0.4) is 0 Å². The highest BCUT2D eigenvalue weighted by Crippen LogP contribution is 2.41.